The van der Waals surface area contributed by atoms with Crippen LogP contribution in [0.3, 0.4) is 0 Å². The molecule has 0 aliphatic rings. The predicted molar refractivity (Wildman–Crippen MR) is 69.3 cm³/mol. The molecule has 0 fully saturated rings. The van der Waals surface area contributed by atoms with Gasteiger partial charge in [-0.1, -0.05) is 0 Å². The number of H-pyrrole nitrogens is 1. The number of rotatable bonds is 3. The van der Waals surface area contributed by atoms with Gasteiger partial charge in [0.25, 0.3) is 5.91 Å². The molecule has 3 aromatic rings. The van der Waals surface area contributed by atoms with Crippen LogP contribution in [-0.2, 0) is 0 Å². The Morgan fingerprint density at radius 2 is 2.32 bits per heavy atom. The number of aromatic amines is 1. The summed E-state index contributed by atoms with van der Waals surface area (Å²) in [6.07, 6.45) is 2.83. The minimum atomic E-state index is -0.266. The number of nitrogens with zero attached hydrogens (tertiary/aromatic N) is 1. The Morgan fingerprint density at radius 1 is 1.42 bits per heavy atom. The summed E-state index contributed by atoms with van der Waals surface area (Å²) in [5.74, 6) is 0.936. The Morgan fingerprint density at radius 3 is 3.05 bits per heavy atom. The van der Waals surface area contributed by atoms with E-state index in [1.807, 2.05) is 18.2 Å². The summed E-state index contributed by atoms with van der Waals surface area (Å²) in [5, 5.41) is 10.5. The van der Waals surface area contributed by atoms with Gasteiger partial charge in [-0.15, -0.1) is 0 Å². The minimum absolute atomic E-state index is 0.266. The molecule has 0 unspecified atom stereocenters. The number of nitrogens with one attached hydrogen (secondary N) is 2. The molecule has 0 atom stereocenters. The van der Waals surface area contributed by atoms with E-state index in [1.54, 1.807) is 13.2 Å². The van der Waals surface area contributed by atoms with Crippen LogP contribution in [0.1, 0.15) is 10.4 Å². The Balaban J connectivity index is 1.91. The lowest BCUT2D eigenvalue weighted by atomic mass is 10.2. The Kier molecular flexibility index (Phi) is 2.68. The van der Waals surface area contributed by atoms with Crippen molar-refractivity contribution in [3.63, 3.8) is 0 Å². The highest BCUT2D eigenvalue weighted by Crippen LogP contribution is 2.24. The molecule has 0 saturated carbocycles. The highest BCUT2D eigenvalue weighted by molar-refractivity contribution is 6.07. The lowest BCUT2D eigenvalue weighted by Gasteiger charge is -2.01. The van der Waals surface area contributed by atoms with E-state index in [0.29, 0.717) is 11.4 Å². The number of carbonyl (C=O) groups excluding carboxylic acids is 1. The average Bonchev–Trinajstić information content (AvgIpc) is 3.08. The fraction of sp³-hybridized carbons (Fsp3) is 0.0769. The molecule has 0 aliphatic heterocycles. The van der Waals surface area contributed by atoms with Gasteiger partial charge in [0.1, 0.15) is 12.0 Å². The van der Waals surface area contributed by atoms with Gasteiger partial charge in [0.15, 0.2) is 5.82 Å². The van der Waals surface area contributed by atoms with E-state index in [4.69, 9.17) is 9.15 Å². The van der Waals surface area contributed by atoms with Gasteiger partial charge in [-0.05, 0) is 18.2 Å². The van der Waals surface area contributed by atoms with E-state index < -0.39 is 0 Å². The van der Waals surface area contributed by atoms with Gasteiger partial charge in [0, 0.05) is 11.5 Å². The van der Waals surface area contributed by atoms with Gasteiger partial charge in [-0.25, -0.2) is 0 Å². The number of anilines is 1. The van der Waals surface area contributed by atoms with Crippen LogP contribution in [0.15, 0.2) is 41.2 Å². The SMILES string of the molecule is COc1ccc2c(NC(=O)c3ccoc3)n[nH]c2c1. The summed E-state index contributed by atoms with van der Waals surface area (Å²) in [6, 6.07) is 7.05. The topological polar surface area (TPSA) is 80.2 Å². The lowest BCUT2D eigenvalue weighted by Crippen LogP contribution is -2.11. The first kappa shape index (κ1) is 11.3. The number of methoxy groups -OCH3 is 1. The number of furan rings is 1. The molecular formula is C13H11N3O3. The molecule has 2 N–H and O–H groups in total. The summed E-state index contributed by atoms with van der Waals surface area (Å²) >= 11 is 0. The maximum Gasteiger partial charge on any atom is 0.260 e. The second-order valence-electron chi connectivity index (χ2n) is 3.95. The van der Waals surface area contributed by atoms with Crippen LogP contribution >= 0.6 is 0 Å². The predicted octanol–water partition coefficient (Wildman–Crippen LogP) is 2.42. The maximum atomic E-state index is 11.9. The van der Waals surface area contributed by atoms with Gasteiger partial charge >= 0.3 is 0 Å². The van der Waals surface area contributed by atoms with Gasteiger partial charge in [-0.2, -0.15) is 5.10 Å². The fourth-order valence-corrected chi connectivity index (χ4v) is 1.79. The van der Waals surface area contributed by atoms with E-state index in [9.17, 15) is 4.79 Å². The highest BCUT2D eigenvalue weighted by Gasteiger charge is 2.12. The number of aromatic nitrogens is 2. The smallest absolute Gasteiger partial charge is 0.260 e. The van der Waals surface area contributed by atoms with Crippen molar-refractivity contribution in [2.75, 3.05) is 12.4 Å². The van der Waals surface area contributed by atoms with E-state index >= 15 is 0 Å². The zero-order chi connectivity index (χ0) is 13.2. The third kappa shape index (κ3) is 2.03. The number of hydrogen-bond acceptors (Lipinski definition) is 4. The molecule has 6 heteroatoms. The Labute approximate surface area is 108 Å². The van der Waals surface area contributed by atoms with Crippen molar-refractivity contribution in [2.45, 2.75) is 0 Å². The van der Waals surface area contributed by atoms with Crippen molar-refractivity contribution in [3.8, 4) is 5.75 Å². The normalized spacial score (nSPS) is 10.6. The summed E-state index contributed by atoms with van der Waals surface area (Å²) in [7, 11) is 1.60. The van der Waals surface area contributed by atoms with Crippen molar-refractivity contribution in [3.05, 3.63) is 42.4 Å². The second-order valence-corrected chi connectivity index (χ2v) is 3.95. The quantitative estimate of drug-likeness (QED) is 0.755. The van der Waals surface area contributed by atoms with Crippen LogP contribution in [0.4, 0.5) is 5.82 Å². The van der Waals surface area contributed by atoms with Gasteiger partial charge in [0.2, 0.25) is 0 Å². The van der Waals surface area contributed by atoms with Crippen molar-refractivity contribution in [1.29, 1.82) is 0 Å². The number of fused-ring (bicyclic) bond motifs is 1. The summed E-state index contributed by atoms with van der Waals surface area (Å²) in [4.78, 5) is 11.9. The second kappa shape index (κ2) is 4.49. The average molecular weight is 257 g/mol. The molecule has 2 heterocycles. The first-order chi connectivity index (χ1) is 9.28. The zero-order valence-electron chi connectivity index (χ0n) is 10.1. The zero-order valence-corrected chi connectivity index (χ0v) is 10.1. The molecule has 1 aromatic carbocycles. The standard InChI is InChI=1S/C13H11N3O3/c1-18-9-2-3-10-11(6-9)15-16-12(10)14-13(17)8-4-5-19-7-8/h2-7H,1H3,(H2,14,15,16,17). The molecule has 96 valence electrons. The van der Waals surface area contributed by atoms with Gasteiger partial charge in [-0.3, -0.25) is 9.89 Å². The molecule has 19 heavy (non-hydrogen) atoms. The minimum Gasteiger partial charge on any atom is -0.497 e. The molecule has 3 rings (SSSR count). The van der Waals surface area contributed by atoms with Crippen LogP contribution in [0, 0.1) is 0 Å². The van der Waals surface area contributed by atoms with Crippen molar-refractivity contribution >= 4 is 22.6 Å². The molecule has 1 amide bonds. The van der Waals surface area contributed by atoms with Crippen LogP contribution in [0.25, 0.3) is 10.9 Å². The molecule has 0 saturated heterocycles. The largest absolute Gasteiger partial charge is 0.497 e. The number of benzene rings is 1. The Hall–Kier alpha value is -2.76. The molecule has 0 spiro atoms. The van der Waals surface area contributed by atoms with E-state index in [0.717, 1.165) is 16.7 Å². The van der Waals surface area contributed by atoms with Crippen molar-refractivity contribution < 1.29 is 13.9 Å². The lowest BCUT2D eigenvalue weighted by molar-refractivity contribution is 0.102. The third-order valence-electron chi connectivity index (χ3n) is 2.79. The van der Waals surface area contributed by atoms with Gasteiger partial charge < -0.3 is 14.5 Å². The molecule has 0 bridgehead atoms. The van der Waals surface area contributed by atoms with Crippen molar-refractivity contribution in [1.82, 2.24) is 10.2 Å². The fourth-order valence-electron chi connectivity index (χ4n) is 1.79. The number of ether oxygens (including phenoxy) is 1. The first-order valence-corrected chi connectivity index (χ1v) is 5.63. The van der Waals surface area contributed by atoms with Crippen LogP contribution < -0.4 is 10.1 Å². The molecular weight excluding hydrogens is 246 g/mol. The third-order valence-corrected chi connectivity index (χ3v) is 2.79. The molecule has 6 nitrogen and oxygen atoms in total. The molecule has 2 aromatic heterocycles. The molecule has 0 aliphatic carbocycles. The van der Waals surface area contributed by atoms with Crippen LogP contribution in [0.2, 0.25) is 0 Å². The summed E-state index contributed by atoms with van der Waals surface area (Å²) in [5.41, 5.74) is 1.24. The van der Waals surface area contributed by atoms with Crippen molar-refractivity contribution in [2.24, 2.45) is 0 Å². The highest BCUT2D eigenvalue weighted by atomic mass is 16.5. The number of amides is 1. The van der Waals surface area contributed by atoms with E-state index in [2.05, 4.69) is 15.5 Å². The van der Waals surface area contributed by atoms with E-state index in [-0.39, 0.29) is 5.91 Å². The molecule has 0 radical (unpaired) electrons. The monoisotopic (exact) mass is 257 g/mol. The summed E-state index contributed by atoms with van der Waals surface area (Å²) in [6.45, 7) is 0. The van der Waals surface area contributed by atoms with Crippen LogP contribution in [0.5, 0.6) is 5.75 Å². The summed E-state index contributed by atoms with van der Waals surface area (Å²) < 4.78 is 9.99. The van der Waals surface area contributed by atoms with E-state index in [1.165, 1.54) is 12.5 Å². The maximum absolute atomic E-state index is 11.9. The Bertz CT molecular complexity index is 716. The number of carbonyl (C=O) groups is 1. The van der Waals surface area contributed by atoms with Crippen LogP contribution in [-0.4, -0.2) is 23.2 Å². The number of hydrogen-bond donors (Lipinski definition) is 2. The first-order valence-electron chi connectivity index (χ1n) is 5.63. The van der Waals surface area contributed by atoms with Gasteiger partial charge in [0.05, 0.1) is 24.5 Å².